The molecule has 1 aromatic carbocycles. The van der Waals surface area contributed by atoms with E-state index in [9.17, 15) is 9.59 Å². The lowest BCUT2D eigenvalue weighted by molar-refractivity contribution is 0.174. The van der Waals surface area contributed by atoms with Crippen LogP contribution >= 0.6 is 0 Å². The fourth-order valence-corrected chi connectivity index (χ4v) is 3.02. The normalized spacial score (nSPS) is 14.2. The number of rotatable bonds is 4. The summed E-state index contributed by atoms with van der Waals surface area (Å²) in [5.41, 5.74) is 2.52. The Hall–Kier alpha value is -3.03. The van der Waals surface area contributed by atoms with Crippen molar-refractivity contribution in [2.75, 3.05) is 18.7 Å². The lowest BCUT2D eigenvalue weighted by Crippen LogP contribution is -2.34. The Morgan fingerprint density at radius 1 is 1.20 bits per heavy atom. The first-order valence-electron chi connectivity index (χ1n) is 8.23. The van der Waals surface area contributed by atoms with Crippen LogP contribution in [0.25, 0.3) is 0 Å². The Morgan fingerprint density at radius 2 is 2.08 bits per heavy atom. The largest absolute Gasteiger partial charge is 0.454 e. The number of nitrogens with zero attached hydrogens (tertiary/aromatic N) is 2. The van der Waals surface area contributed by atoms with Crippen molar-refractivity contribution < 1.29 is 14.3 Å². The third-order valence-electron chi connectivity index (χ3n) is 4.26. The van der Waals surface area contributed by atoms with Gasteiger partial charge in [0.05, 0.1) is 12.2 Å². The van der Waals surface area contributed by atoms with Crippen molar-refractivity contribution in [2.24, 2.45) is 0 Å². The Balaban J connectivity index is 1.31. The summed E-state index contributed by atoms with van der Waals surface area (Å²) >= 11 is 0. The van der Waals surface area contributed by atoms with Crippen LogP contribution in [0, 0.1) is 0 Å². The minimum Gasteiger partial charge on any atom is -0.454 e. The minimum absolute atomic E-state index is 0.126. The molecule has 2 aliphatic rings. The summed E-state index contributed by atoms with van der Waals surface area (Å²) in [6.45, 7) is 0.830. The molecule has 2 heterocycles. The van der Waals surface area contributed by atoms with Crippen LogP contribution in [0.5, 0.6) is 11.5 Å². The van der Waals surface area contributed by atoms with Gasteiger partial charge in [0.2, 0.25) is 6.79 Å². The van der Waals surface area contributed by atoms with E-state index in [0.29, 0.717) is 30.3 Å². The summed E-state index contributed by atoms with van der Waals surface area (Å²) < 4.78 is 11.9. The molecule has 0 fully saturated rings. The van der Waals surface area contributed by atoms with Crippen LogP contribution in [0.2, 0.25) is 0 Å². The first-order chi connectivity index (χ1) is 12.2. The number of aromatic nitrogens is 2. The van der Waals surface area contributed by atoms with Gasteiger partial charge >= 0.3 is 6.03 Å². The molecule has 0 unspecified atom stereocenters. The van der Waals surface area contributed by atoms with E-state index in [-0.39, 0.29) is 18.4 Å². The van der Waals surface area contributed by atoms with E-state index >= 15 is 0 Å². The Morgan fingerprint density at radius 3 is 3.00 bits per heavy atom. The highest BCUT2D eigenvalue weighted by molar-refractivity contribution is 5.89. The molecule has 4 rings (SSSR count). The van der Waals surface area contributed by atoms with Crippen molar-refractivity contribution in [3.8, 4) is 11.5 Å². The maximum atomic E-state index is 12.0. The van der Waals surface area contributed by atoms with E-state index in [4.69, 9.17) is 9.47 Å². The monoisotopic (exact) mass is 342 g/mol. The fraction of sp³-hybridized carbons (Fsp3) is 0.353. The number of anilines is 1. The van der Waals surface area contributed by atoms with Gasteiger partial charge in [0.15, 0.2) is 11.5 Å². The summed E-state index contributed by atoms with van der Waals surface area (Å²) in [6, 6.07) is 6.48. The van der Waals surface area contributed by atoms with Gasteiger partial charge in [-0.2, -0.15) is 5.10 Å². The van der Waals surface area contributed by atoms with Gasteiger partial charge in [-0.25, -0.2) is 9.48 Å². The first kappa shape index (κ1) is 15.5. The van der Waals surface area contributed by atoms with E-state index in [1.807, 2.05) is 0 Å². The molecule has 25 heavy (non-hydrogen) atoms. The molecule has 1 aliphatic carbocycles. The van der Waals surface area contributed by atoms with Gasteiger partial charge in [-0.15, -0.1) is 0 Å². The molecule has 0 saturated carbocycles. The highest BCUT2D eigenvalue weighted by atomic mass is 16.7. The molecule has 2 amide bonds. The molecule has 1 aliphatic heterocycles. The number of amides is 2. The average Bonchev–Trinajstić information content (AvgIpc) is 3.23. The first-order valence-corrected chi connectivity index (χ1v) is 8.23. The van der Waals surface area contributed by atoms with Gasteiger partial charge in [-0.3, -0.25) is 4.79 Å². The van der Waals surface area contributed by atoms with Gasteiger partial charge in [0, 0.05) is 24.4 Å². The van der Waals surface area contributed by atoms with Gasteiger partial charge in [0.1, 0.15) is 0 Å². The number of aryl methyl sites for hydroxylation is 2. The maximum absolute atomic E-state index is 12.0. The maximum Gasteiger partial charge on any atom is 0.319 e. The zero-order valence-electron chi connectivity index (χ0n) is 13.6. The van der Waals surface area contributed by atoms with Gasteiger partial charge < -0.3 is 20.1 Å². The summed E-state index contributed by atoms with van der Waals surface area (Å²) in [6.07, 6.45) is 2.88. The number of benzene rings is 1. The molecule has 8 nitrogen and oxygen atoms in total. The molecular weight excluding hydrogens is 324 g/mol. The van der Waals surface area contributed by atoms with Crippen LogP contribution in [-0.4, -0.2) is 29.1 Å². The van der Waals surface area contributed by atoms with E-state index < -0.39 is 0 Å². The van der Waals surface area contributed by atoms with Crippen molar-refractivity contribution >= 4 is 11.7 Å². The Bertz CT molecular complexity index is 877. The van der Waals surface area contributed by atoms with Crippen LogP contribution in [0.4, 0.5) is 10.5 Å². The SMILES string of the molecule is O=C(NCCn1nc2c(cc1=O)CCC2)Nc1ccc2c(c1)OCO2. The summed E-state index contributed by atoms with van der Waals surface area (Å²) in [4.78, 5) is 24.0. The van der Waals surface area contributed by atoms with Crippen molar-refractivity contribution in [1.29, 1.82) is 0 Å². The topological polar surface area (TPSA) is 94.5 Å². The molecule has 0 spiro atoms. The number of carbonyl (C=O) groups excluding carboxylic acids is 1. The molecule has 0 bridgehead atoms. The predicted molar refractivity (Wildman–Crippen MR) is 90.1 cm³/mol. The number of carbonyl (C=O) groups is 1. The lowest BCUT2D eigenvalue weighted by Gasteiger charge is -2.10. The average molecular weight is 342 g/mol. The number of hydrogen-bond acceptors (Lipinski definition) is 5. The van der Waals surface area contributed by atoms with Crippen LogP contribution in [0.3, 0.4) is 0 Å². The van der Waals surface area contributed by atoms with Crippen molar-refractivity contribution in [3.05, 3.63) is 45.9 Å². The minimum atomic E-state index is -0.354. The van der Waals surface area contributed by atoms with E-state index in [2.05, 4.69) is 15.7 Å². The third-order valence-corrected chi connectivity index (χ3v) is 4.26. The molecule has 1 aromatic heterocycles. The van der Waals surface area contributed by atoms with E-state index in [1.54, 1.807) is 24.3 Å². The van der Waals surface area contributed by atoms with E-state index in [0.717, 1.165) is 30.5 Å². The fourth-order valence-electron chi connectivity index (χ4n) is 3.02. The van der Waals surface area contributed by atoms with Crippen LogP contribution in [0.15, 0.2) is 29.1 Å². The molecule has 130 valence electrons. The second kappa shape index (κ2) is 6.46. The molecule has 0 atom stereocenters. The number of ether oxygens (including phenoxy) is 2. The number of hydrogen-bond donors (Lipinski definition) is 2. The van der Waals surface area contributed by atoms with Crippen LogP contribution < -0.4 is 25.7 Å². The van der Waals surface area contributed by atoms with Gasteiger partial charge in [0.25, 0.3) is 5.56 Å². The summed E-state index contributed by atoms with van der Waals surface area (Å²) in [7, 11) is 0. The molecular formula is C17H18N4O4. The number of fused-ring (bicyclic) bond motifs is 2. The second-order valence-electron chi connectivity index (χ2n) is 5.98. The lowest BCUT2D eigenvalue weighted by atomic mass is 10.2. The standard InChI is InChI=1S/C17H18N4O4/c22-16-8-11-2-1-3-13(11)20-21(16)7-6-18-17(23)19-12-4-5-14-15(9-12)25-10-24-14/h4-5,8-9H,1-3,6-7,10H2,(H2,18,19,23). The van der Waals surface area contributed by atoms with Crippen LogP contribution in [-0.2, 0) is 19.4 Å². The second-order valence-corrected chi connectivity index (χ2v) is 5.98. The highest BCUT2D eigenvalue weighted by Crippen LogP contribution is 2.34. The Kier molecular flexibility index (Phi) is 4.01. The van der Waals surface area contributed by atoms with Crippen molar-refractivity contribution in [1.82, 2.24) is 15.1 Å². The highest BCUT2D eigenvalue weighted by Gasteiger charge is 2.15. The number of nitrogens with one attached hydrogen (secondary N) is 2. The molecule has 8 heteroatoms. The third kappa shape index (κ3) is 3.28. The molecule has 2 N–H and O–H groups in total. The molecule has 0 saturated heterocycles. The summed E-state index contributed by atoms with van der Waals surface area (Å²) in [5, 5.41) is 9.82. The molecule has 2 aromatic rings. The van der Waals surface area contributed by atoms with Crippen molar-refractivity contribution in [3.63, 3.8) is 0 Å². The predicted octanol–water partition coefficient (Wildman–Crippen LogP) is 1.28. The quantitative estimate of drug-likeness (QED) is 0.873. The van der Waals surface area contributed by atoms with Crippen LogP contribution in [0.1, 0.15) is 17.7 Å². The molecule has 0 radical (unpaired) electrons. The van der Waals surface area contributed by atoms with Gasteiger partial charge in [-0.05, 0) is 37.0 Å². The Labute approximate surface area is 143 Å². The van der Waals surface area contributed by atoms with E-state index in [1.165, 1.54) is 4.68 Å². The zero-order valence-corrected chi connectivity index (χ0v) is 13.6. The summed E-state index contributed by atoms with van der Waals surface area (Å²) in [5.74, 6) is 1.26. The zero-order chi connectivity index (χ0) is 17.2. The smallest absolute Gasteiger partial charge is 0.319 e. The van der Waals surface area contributed by atoms with Crippen molar-refractivity contribution in [2.45, 2.75) is 25.8 Å². The van der Waals surface area contributed by atoms with Gasteiger partial charge in [-0.1, -0.05) is 0 Å². The number of urea groups is 1.